The molecule has 1 amide bonds. The van der Waals surface area contributed by atoms with Crippen LogP contribution in [-0.2, 0) is 0 Å². The Bertz CT molecular complexity index is 393. The van der Waals surface area contributed by atoms with Gasteiger partial charge in [0.2, 0.25) is 0 Å². The van der Waals surface area contributed by atoms with Crippen molar-refractivity contribution in [2.75, 3.05) is 18.1 Å². The van der Waals surface area contributed by atoms with E-state index in [4.69, 9.17) is 0 Å². The Balaban J connectivity index is 2.72. The van der Waals surface area contributed by atoms with Crippen LogP contribution in [0.4, 0.5) is 5.69 Å². The number of rotatable bonds is 6. The van der Waals surface area contributed by atoms with Gasteiger partial charge < -0.3 is 10.6 Å². The van der Waals surface area contributed by atoms with Gasteiger partial charge in [-0.05, 0) is 32.2 Å². The van der Waals surface area contributed by atoms with E-state index in [1.54, 1.807) is 11.8 Å². The lowest BCUT2D eigenvalue weighted by molar-refractivity contribution is 0.0955. The van der Waals surface area contributed by atoms with Crippen molar-refractivity contribution in [1.29, 1.82) is 0 Å². The highest BCUT2D eigenvalue weighted by Crippen LogP contribution is 2.16. The van der Waals surface area contributed by atoms with Gasteiger partial charge in [-0.1, -0.05) is 19.1 Å². The van der Waals surface area contributed by atoms with Crippen LogP contribution in [-0.4, -0.2) is 30.0 Å². The summed E-state index contributed by atoms with van der Waals surface area (Å²) in [5.41, 5.74) is 1.60. The first kappa shape index (κ1) is 14.9. The maximum Gasteiger partial charge on any atom is 0.253 e. The summed E-state index contributed by atoms with van der Waals surface area (Å²) in [6.45, 7) is 6.91. The highest BCUT2D eigenvalue weighted by molar-refractivity contribution is 7.99. The van der Waals surface area contributed by atoms with Crippen LogP contribution in [0.5, 0.6) is 0 Å². The first-order chi connectivity index (χ1) is 8.54. The Morgan fingerprint density at radius 1 is 1.28 bits per heavy atom. The van der Waals surface area contributed by atoms with E-state index >= 15 is 0 Å². The maximum atomic E-state index is 12.1. The third-order valence-electron chi connectivity index (χ3n) is 2.57. The van der Waals surface area contributed by atoms with Gasteiger partial charge in [-0.3, -0.25) is 4.79 Å². The zero-order chi connectivity index (χ0) is 13.5. The average Bonchev–Trinajstić information content (AvgIpc) is 2.35. The van der Waals surface area contributed by atoms with E-state index in [0.717, 1.165) is 5.69 Å². The van der Waals surface area contributed by atoms with Crippen LogP contribution in [0.1, 0.15) is 31.1 Å². The molecule has 4 heteroatoms. The lowest BCUT2D eigenvalue weighted by Crippen LogP contribution is -2.30. The number of para-hydroxylation sites is 1. The van der Waals surface area contributed by atoms with Gasteiger partial charge in [0, 0.05) is 23.5 Å². The third-order valence-corrected chi connectivity index (χ3v) is 3.54. The number of carbonyl (C=O) groups is 1. The van der Waals surface area contributed by atoms with Gasteiger partial charge in [-0.2, -0.15) is 11.8 Å². The van der Waals surface area contributed by atoms with Crippen molar-refractivity contribution < 1.29 is 4.79 Å². The topological polar surface area (TPSA) is 41.1 Å². The van der Waals surface area contributed by atoms with E-state index in [-0.39, 0.29) is 5.91 Å². The SMILES string of the molecule is CSC(C)CNC(=O)c1ccccc1NC(C)C. The molecule has 1 atom stereocenters. The number of hydrogen-bond acceptors (Lipinski definition) is 3. The van der Waals surface area contributed by atoms with Gasteiger partial charge in [-0.25, -0.2) is 0 Å². The molecule has 1 rings (SSSR count). The van der Waals surface area contributed by atoms with Crippen molar-refractivity contribution in [2.45, 2.75) is 32.1 Å². The van der Waals surface area contributed by atoms with Gasteiger partial charge in [0.05, 0.1) is 5.56 Å². The zero-order valence-electron chi connectivity index (χ0n) is 11.5. The minimum absolute atomic E-state index is 0.0142. The van der Waals surface area contributed by atoms with Crippen LogP contribution in [0, 0.1) is 0 Å². The molecule has 0 aromatic heterocycles. The first-order valence-corrected chi connectivity index (χ1v) is 7.50. The van der Waals surface area contributed by atoms with E-state index in [2.05, 4.69) is 31.4 Å². The van der Waals surface area contributed by atoms with Crippen molar-refractivity contribution >= 4 is 23.4 Å². The average molecular weight is 266 g/mol. The fourth-order valence-electron chi connectivity index (χ4n) is 1.53. The van der Waals surface area contributed by atoms with Gasteiger partial charge in [-0.15, -0.1) is 0 Å². The molecule has 0 aliphatic heterocycles. The predicted octanol–water partition coefficient (Wildman–Crippen LogP) is 2.99. The molecule has 1 aromatic rings. The summed E-state index contributed by atoms with van der Waals surface area (Å²) in [5.74, 6) is -0.0142. The van der Waals surface area contributed by atoms with Gasteiger partial charge in [0.1, 0.15) is 0 Å². The summed E-state index contributed by atoms with van der Waals surface area (Å²) < 4.78 is 0. The Morgan fingerprint density at radius 3 is 2.56 bits per heavy atom. The van der Waals surface area contributed by atoms with Gasteiger partial charge in [0.15, 0.2) is 0 Å². The Morgan fingerprint density at radius 2 is 1.94 bits per heavy atom. The lowest BCUT2D eigenvalue weighted by atomic mass is 10.1. The van der Waals surface area contributed by atoms with Crippen LogP contribution in [0.2, 0.25) is 0 Å². The Kier molecular flexibility index (Phi) is 6.05. The number of amides is 1. The van der Waals surface area contributed by atoms with Gasteiger partial charge >= 0.3 is 0 Å². The van der Waals surface area contributed by atoms with Gasteiger partial charge in [0.25, 0.3) is 5.91 Å². The fraction of sp³-hybridized carbons (Fsp3) is 0.500. The van der Waals surface area contributed by atoms with Crippen LogP contribution < -0.4 is 10.6 Å². The molecular formula is C14H22N2OS. The van der Waals surface area contributed by atoms with Crippen molar-refractivity contribution in [3.05, 3.63) is 29.8 Å². The quantitative estimate of drug-likeness (QED) is 0.831. The van der Waals surface area contributed by atoms with Crippen molar-refractivity contribution in [1.82, 2.24) is 5.32 Å². The summed E-state index contributed by atoms with van der Waals surface area (Å²) in [5, 5.41) is 6.68. The molecule has 0 saturated heterocycles. The number of benzene rings is 1. The second-order valence-electron chi connectivity index (χ2n) is 4.60. The van der Waals surface area contributed by atoms with Crippen LogP contribution >= 0.6 is 11.8 Å². The second-order valence-corrected chi connectivity index (χ2v) is 5.88. The molecule has 0 aliphatic rings. The zero-order valence-corrected chi connectivity index (χ0v) is 12.3. The molecule has 0 spiro atoms. The van der Waals surface area contributed by atoms with Crippen molar-refractivity contribution in [3.8, 4) is 0 Å². The monoisotopic (exact) mass is 266 g/mol. The molecule has 0 aliphatic carbocycles. The summed E-state index contributed by atoms with van der Waals surface area (Å²) in [6.07, 6.45) is 2.05. The number of nitrogens with one attached hydrogen (secondary N) is 2. The summed E-state index contributed by atoms with van der Waals surface area (Å²) in [4.78, 5) is 12.1. The normalized spacial score (nSPS) is 12.3. The third kappa shape index (κ3) is 4.61. The van der Waals surface area contributed by atoms with E-state index in [0.29, 0.717) is 23.4 Å². The smallest absolute Gasteiger partial charge is 0.253 e. The number of anilines is 1. The second kappa shape index (κ2) is 7.31. The lowest BCUT2D eigenvalue weighted by Gasteiger charge is -2.15. The molecule has 1 unspecified atom stereocenters. The summed E-state index contributed by atoms with van der Waals surface area (Å²) >= 11 is 1.75. The minimum Gasteiger partial charge on any atom is -0.382 e. The minimum atomic E-state index is -0.0142. The molecule has 3 nitrogen and oxygen atoms in total. The van der Waals surface area contributed by atoms with E-state index in [1.807, 2.05) is 30.5 Å². The molecule has 0 fully saturated rings. The molecule has 0 heterocycles. The molecule has 18 heavy (non-hydrogen) atoms. The highest BCUT2D eigenvalue weighted by Gasteiger charge is 2.11. The summed E-state index contributed by atoms with van der Waals surface area (Å²) in [7, 11) is 0. The molecule has 1 aromatic carbocycles. The molecule has 0 radical (unpaired) electrons. The molecule has 0 saturated carbocycles. The maximum absolute atomic E-state index is 12.1. The number of hydrogen-bond donors (Lipinski definition) is 2. The van der Waals surface area contributed by atoms with E-state index in [1.165, 1.54) is 0 Å². The molecular weight excluding hydrogens is 244 g/mol. The fourth-order valence-corrected chi connectivity index (χ4v) is 1.78. The standard InChI is InChI=1S/C14H22N2OS/c1-10(2)16-13-8-6-5-7-12(13)14(17)15-9-11(3)18-4/h5-8,10-11,16H,9H2,1-4H3,(H,15,17). The Hall–Kier alpha value is -1.16. The number of thioether (sulfide) groups is 1. The van der Waals surface area contributed by atoms with Crippen LogP contribution in [0.15, 0.2) is 24.3 Å². The predicted molar refractivity (Wildman–Crippen MR) is 80.5 cm³/mol. The summed E-state index contributed by atoms with van der Waals surface area (Å²) in [6, 6.07) is 7.92. The molecule has 100 valence electrons. The largest absolute Gasteiger partial charge is 0.382 e. The van der Waals surface area contributed by atoms with E-state index in [9.17, 15) is 4.79 Å². The van der Waals surface area contributed by atoms with E-state index < -0.39 is 0 Å². The number of carbonyl (C=O) groups excluding carboxylic acids is 1. The highest BCUT2D eigenvalue weighted by atomic mass is 32.2. The molecule has 0 bridgehead atoms. The van der Waals surface area contributed by atoms with Crippen molar-refractivity contribution in [2.24, 2.45) is 0 Å². The van der Waals surface area contributed by atoms with Crippen molar-refractivity contribution in [3.63, 3.8) is 0 Å². The Labute approximate surface area is 114 Å². The first-order valence-electron chi connectivity index (χ1n) is 6.21. The van der Waals surface area contributed by atoms with Crippen LogP contribution in [0.3, 0.4) is 0 Å². The van der Waals surface area contributed by atoms with Crippen LogP contribution in [0.25, 0.3) is 0 Å². The molecule has 2 N–H and O–H groups in total.